The summed E-state index contributed by atoms with van der Waals surface area (Å²) in [6.07, 6.45) is -5.13. The lowest BCUT2D eigenvalue weighted by Gasteiger charge is -2.16. The molecular formula is C20H19F3N4O3. The molecule has 2 aromatic heterocycles. The molecule has 2 atom stereocenters. The lowest BCUT2D eigenvalue weighted by atomic mass is 10.0. The second-order valence-electron chi connectivity index (χ2n) is 7.18. The summed E-state index contributed by atoms with van der Waals surface area (Å²) < 4.78 is 44.9. The number of aryl methyl sites for hydroxylation is 1. The van der Waals surface area contributed by atoms with Crippen LogP contribution in [-0.4, -0.2) is 45.1 Å². The Morgan fingerprint density at radius 3 is 2.67 bits per heavy atom. The van der Waals surface area contributed by atoms with Crippen molar-refractivity contribution in [2.24, 2.45) is 7.05 Å². The number of rotatable bonds is 4. The molecule has 0 radical (unpaired) electrons. The molecule has 10 heteroatoms. The first-order valence-electron chi connectivity index (χ1n) is 9.30. The molecule has 1 aromatic carbocycles. The van der Waals surface area contributed by atoms with E-state index in [1.165, 1.54) is 35.2 Å². The average Bonchev–Trinajstić information content (AvgIpc) is 3.22. The van der Waals surface area contributed by atoms with Crippen molar-refractivity contribution < 1.29 is 23.0 Å². The molecule has 2 unspecified atom stereocenters. The zero-order valence-corrected chi connectivity index (χ0v) is 16.0. The molecule has 0 amide bonds. The number of pyridine rings is 1. The van der Waals surface area contributed by atoms with E-state index in [9.17, 15) is 23.1 Å². The van der Waals surface area contributed by atoms with Crippen LogP contribution < -0.4 is 10.9 Å². The first-order chi connectivity index (χ1) is 14.2. The second kappa shape index (κ2) is 7.69. The fourth-order valence-corrected chi connectivity index (χ4v) is 3.34. The van der Waals surface area contributed by atoms with Crippen LogP contribution in [0.5, 0.6) is 0 Å². The van der Waals surface area contributed by atoms with E-state index in [2.05, 4.69) is 15.3 Å². The number of halogens is 3. The molecule has 158 valence electrons. The van der Waals surface area contributed by atoms with Gasteiger partial charge in [0.1, 0.15) is 11.2 Å². The molecule has 0 saturated carbocycles. The molecule has 30 heavy (non-hydrogen) atoms. The molecule has 2 N–H and O–H groups in total. The van der Waals surface area contributed by atoms with Crippen LogP contribution in [-0.2, 0) is 11.8 Å². The lowest BCUT2D eigenvalue weighted by molar-refractivity contribution is -0.206. The molecule has 7 nitrogen and oxygen atoms in total. The van der Waals surface area contributed by atoms with Crippen molar-refractivity contribution in [1.82, 2.24) is 14.5 Å². The summed E-state index contributed by atoms with van der Waals surface area (Å²) in [4.78, 5) is 21.5. The Hall–Kier alpha value is -2.98. The molecule has 1 aliphatic rings. The molecule has 4 rings (SSSR count). The number of nitrogens with zero attached hydrogens (tertiary/aromatic N) is 3. The summed E-state index contributed by atoms with van der Waals surface area (Å²) in [5.41, 5.74) is 0.870. The van der Waals surface area contributed by atoms with Gasteiger partial charge in [0.2, 0.25) is 0 Å². The van der Waals surface area contributed by atoms with E-state index in [0.717, 1.165) is 6.42 Å². The largest absolute Gasteiger partial charge is 0.418 e. The molecule has 1 fully saturated rings. The molecule has 1 saturated heterocycles. The highest BCUT2D eigenvalue weighted by Crippen LogP contribution is 2.33. The maximum atomic E-state index is 12.7. The van der Waals surface area contributed by atoms with Crippen LogP contribution >= 0.6 is 0 Å². The average molecular weight is 420 g/mol. The van der Waals surface area contributed by atoms with Gasteiger partial charge in [-0.25, -0.2) is 9.97 Å². The van der Waals surface area contributed by atoms with Crippen molar-refractivity contribution in [1.29, 1.82) is 0 Å². The van der Waals surface area contributed by atoms with Gasteiger partial charge >= 0.3 is 6.18 Å². The van der Waals surface area contributed by atoms with E-state index < -0.39 is 12.3 Å². The summed E-state index contributed by atoms with van der Waals surface area (Å²) in [5.74, 6) is 0.353. The van der Waals surface area contributed by atoms with Gasteiger partial charge in [-0.2, -0.15) is 13.2 Å². The Labute approximate surface area is 169 Å². The molecule has 0 bridgehead atoms. The zero-order valence-electron chi connectivity index (χ0n) is 16.0. The van der Waals surface area contributed by atoms with Gasteiger partial charge in [-0.3, -0.25) is 4.79 Å². The first kappa shape index (κ1) is 20.3. The molecule has 3 aromatic rings. The summed E-state index contributed by atoms with van der Waals surface area (Å²) in [6.45, 7) is 1.09. The van der Waals surface area contributed by atoms with E-state index in [4.69, 9.17) is 4.74 Å². The maximum absolute atomic E-state index is 12.7. The minimum absolute atomic E-state index is 0.00910. The smallest absolute Gasteiger partial charge is 0.379 e. The second-order valence-corrected chi connectivity index (χ2v) is 7.18. The number of aromatic nitrogens is 3. The van der Waals surface area contributed by atoms with Gasteiger partial charge in [-0.1, -0.05) is 24.3 Å². The number of benzene rings is 1. The minimum atomic E-state index is -4.74. The third-order valence-corrected chi connectivity index (χ3v) is 5.01. The van der Waals surface area contributed by atoms with Gasteiger partial charge in [0, 0.05) is 19.2 Å². The monoisotopic (exact) mass is 420 g/mol. The highest BCUT2D eigenvalue weighted by Gasteiger charge is 2.39. The van der Waals surface area contributed by atoms with Gasteiger partial charge in [0.05, 0.1) is 30.2 Å². The first-order valence-corrected chi connectivity index (χ1v) is 9.30. The Morgan fingerprint density at radius 1 is 1.30 bits per heavy atom. The van der Waals surface area contributed by atoms with Crippen molar-refractivity contribution in [2.75, 3.05) is 18.5 Å². The van der Waals surface area contributed by atoms with E-state index in [-0.39, 0.29) is 17.2 Å². The fraction of sp³-hybridized carbons (Fsp3) is 0.350. The fourth-order valence-electron chi connectivity index (χ4n) is 3.34. The summed E-state index contributed by atoms with van der Waals surface area (Å²) in [5, 5.41) is 13.0. The van der Waals surface area contributed by atoms with E-state index in [0.29, 0.717) is 41.2 Å². The van der Waals surface area contributed by atoms with E-state index in [1.807, 2.05) is 0 Å². The normalized spacial score (nSPS) is 18.0. The van der Waals surface area contributed by atoms with Crippen LogP contribution in [0, 0.1) is 0 Å². The quantitative estimate of drug-likeness (QED) is 0.675. The van der Waals surface area contributed by atoms with Crippen molar-refractivity contribution in [2.45, 2.75) is 24.7 Å². The standard InChI is InChI=1S/C20H19F3N4O3/c1-27-10-24-15-8-14(11-2-4-12(5-3-11)17(28)20(21,22)23)26-18(16(15)19(27)29)25-13-6-7-30-9-13/h2-5,8,10,13,17,28H,6-7,9H2,1H3,(H,25,26). The molecular weight excluding hydrogens is 401 g/mol. The Morgan fingerprint density at radius 2 is 2.03 bits per heavy atom. The molecule has 3 heterocycles. The number of aliphatic hydroxyl groups excluding tert-OH is 1. The molecule has 0 aliphatic carbocycles. The number of hydrogen-bond donors (Lipinski definition) is 2. The van der Waals surface area contributed by atoms with Crippen LogP contribution in [0.2, 0.25) is 0 Å². The van der Waals surface area contributed by atoms with Crippen molar-refractivity contribution >= 4 is 16.7 Å². The predicted molar refractivity (Wildman–Crippen MR) is 104 cm³/mol. The zero-order chi connectivity index (χ0) is 21.5. The number of anilines is 1. The molecule has 0 spiro atoms. The van der Waals surface area contributed by atoms with E-state index in [1.54, 1.807) is 13.1 Å². The van der Waals surface area contributed by atoms with Gasteiger partial charge in [0.15, 0.2) is 6.10 Å². The van der Waals surface area contributed by atoms with Gasteiger partial charge in [-0.05, 0) is 18.1 Å². The SMILES string of the molecule is Cn1cnc2cc(-c3ccc(C(O)C(F)(F)F)cc3)nc(NC3CCOC3)c2c1=O. The number of aliphatic hydroxyl groups is 1. The third-order valence-electron chi connectivity index (χ3n) is 5.01. The Kier molecular flexibility index (Phi) is 5.20. The summed E-state index contributed by atoms with van der Waals surface area (Å²) >= 11 is 0. The number of fused-ring (bicyclic) bond motifs is 1. The highest BCUT2D eigenvalue weighted by atomic mass is 19.4. The number of ether oxygens (including phenoxy) is 1. The summed E-state index contributed by atoms with van der Waals surface area (Å²) in [6, 6.07) is 6.90. The number of nitrogens with one attached hydrogen (secondary N) is 1. The van der Waals surface area contributed by atoms with Crippen LogP contribution in [0.1, 0.15) is 18.1 Å². The maximum Gasteiger partial charge on any atom is 0.418 e. The topological polar surface area (TPSA) is 89.3 Å². The minimum Gasteiger partial charge on any atom is -0.379 e. The van der Waals surface area contributed by atoms with Gasteiger partial charge < -0.3 is 19.7 Å². The predicted octanol–water partition coefficient (Wildman–Crippen LogP) is 2.79. The number of alkyl halides is 3. The van der Waals surface area contributed by atoms with Crippen LogP contribution in [0.3, 0.4) is 0 Å². The van der Waals surface area contributed by atoms with Gasteiger partial charge in [-0.15, -0.1) is 0 Å². The third kappa shape index (κ3) is 3.88. The lowest BCUT2D eigenvalue weighted by Crippen LogP contribution is -2.24. The van der Waals surface area contributed by atoms with E-state index >= 15 is 0 Å². The van der Waals surface area contributed by atoms with Crippen molar-refractivity contribution in [3.8, 4) is 11.3 Å². The Bertz CT molecular complexity index is 1120. The van der Waals surface area contributed by atoms with Crippen molar-refractivity contribution in [3.63, 3.8) is 0 Å². The number of hydrogen-bond acceptors (Lipinski definition) is 6. The van der Waals surface area contributed by atoms with Crippen molar-refractivity contribution in [3.05, 3.63) is 52.6 Å². The molecule has 1 aliphatic heterocycles. The van der Waals surface area contributed by atoms with Crippen LogP contribution in [0.25, 0.3) is 22.2 Å². The Balaban J connectivity index is 1.77. The summed E-state index contributed by atoms with van der Waals surface area (Å²) in [7, 11) is 1.59. The highest BCUT2D eigenvalue weighted by molar-refractivity contribution is 5.91. The van der Waals surface area contributed by atoms with Crippen LogP contribution in [0.4, 0.5) is 19.0 Å². The van der Waals surface area contributed by atoms with Crippen LogP contribution in [0.15, 0.2) is 41.5 Å². The van der Waals surface area contributed by atoms with Gasteiger partial charge in [0.25, 0.3) is 5.56 Å².